The number of aryl methyl sites for hydroxylation is 2. The van der Waals surface area contributed by atoms with Crippen molar-refractivity contribution in [2.24, 2.45) is 0 Å². The zero-order chi connectivity index (χ0) is 14.7. The fourth-order valence-electron chi connectivity index (χ4n) is 3.64. The molecule has 0 bridgehead atoms. The fourth-order valence-corrected chi connectivity index (χ4v) is 3.64. The fraction of sp³-hybridized carbons (Fsp3) is 0.667. The minimum Gasteiger partial charge on any atom is -0.493 e. The second-order valence-corrected chi connectivity index (χ2v) is 5.91. The van der Waals surface area contributed by atoms with Gasteiger partial charge in [-0.1, -0.05) is 19.9 Å². The van der Waals surface area contributed by atoms with Crippen LogP contribution in [-0.2, 0) is 6.42 Å². The number of likely N-dealkylation sites (tertiary alicyclic amines) is 1. The Labute approximate surface area is 124 Å². The Morgan fingerprint density at radius 1 is 1.10 bits per heavy atom. The molecular formula is C18H29NO. The highest BCUT2D eigenvalue weighted by molar-refractivity contribution is 5.53. The molecule has 3 rings (SSSR count). The van der Waals surface area contributed by atoms with E-state index in [0.717, 1.165) is 18.9 Å². The van der Waals surface area contributed by atoms with E-state index in [-0.39, 0.29) is 0 Å². The average molecular weight is 275 g/mol. The first kappa shape index (κ1) is 15.4. The van der Waals surface area contributed by atoms with Crippen LogP contribution in [0.2, 0.25) is 0 Å². The summed E-state index contributed by atoms with van der Waals surface area (Å²) in [5.41, 5.74) is 5.92. The number of piperidine rings is 1. The zero-order valence-electron chi connectivity index (χ0n) is 13.8. The molecule has 0 spiro atoms. The highest BCUT2D eigenvalue weighted by Gasteiger charge is 2.27. The molecule has 1 saturated heterocycles. The molecule has 112 valence electrons. The minimum atomic E-state index is 0.747. The predicted octanol–water partition coefficient (Wildman–Crippen LogP) is 4.07. The van der Waals surface area contributed by atoms with Gasteiger partial charge in [0.15, 0.2) is 0 Å². The van der Waals surface area contributed by atoms with Gasteiger partial charge in [0.2, 0.25) is 0 Å². The molecular weight excluding hydrogens is 246 g/mol. The number of nitrogens with zero attached hydrogens (tertiary/aromatic N) is 1. The number of fused-ring (bicyclic) bond motifs is 1. The molecule has 2 nitrogen and oxygen atoms in total. The van der Waals surface area contributed by atoms with Gasteiger partial charge in [0.05, 0.1) is 6.61 Å². The molecule has 1 aromatic carbocycles. The van der Waals surface area contributed by atoms with E-state index in [1.807, 2.05) is 13.8 Å². The third-order valence-corrected chi connectivity index (χ3v) is 4.54. The summed E-state index contributed by atoms with van der Waals surface area (Å²) in [4.78, 5) is 2.44. The lowest BCUT2D eigenvalue weighted by Gasteiger charge is -2.31. The first-order valence-corrected chi connectivity index (χ1v) is 8.11. The van der Waals surface area contributed by atoms with Crippen LogP contribution in [0.3, 0.4) is 0 Å². The highest BCUT2D eigenvalue weighted by atomic mass is 16.5. The van der Waals surface area contributed by atoms with Crippen LogP contribution in [0.4, 0.5) is 0 Å². The molecule has 1 aromatic rings. The molecule has 0 N–H and O–H groups in total. The topological polar surface area (TPSA) is 12.5 Å². The van der Waals surface area contributed by atoms with Gasteiger partial charge in [-0.05, 0) is 69.4 Å². The van der Waals surface area contributed by atoms with Crippen LogP contribution in [0.1, 0.15) is 54.9 Å². The second kappa shape index (κ2) is 6.62. The number of hydrogen-bond acceptors (Lipinski definition) is 2. The smallest absolute Gasteiger partial charge is 0.125 e. The zero-order valence-corrected chi connectivity index (χ0v) is 13.8. The summed E-state index contributed by atoms with van der Waals surface area (Å²) in [6, 6.07) is 2.32. The summed E-state index contributed by atoms with van der Waals surface area (Å²) >= 11 is 0. The standard InChI is InChI=1S/C16H23NO.C2H6/c1-11-10-12(2)16-14(6-9-18-16)15(11)13-4-7-17(3)8-5-13;1-2/h10,13H,4-9H2,1-3H3;1-2H3. The molecule has 0 atom stereocenters. The summed E-state index contributed by atoms with van der Waals surface area (Å²) in [7, 11) is 2.23. The van der Waals surface area contributed by atoms with E-state index in [9.17, 15) is 0 Å². The molecule has 0 amide bonds. The number of hydrogen-bond donors (Lipinski definition) is 0. The molecule has 20 heavy (non-hydrogen) atoms. The summed E-state index contributed by atoms with van der Waals surface area (Å²) in [5, 5.41) is 0. The Bertz CT molecular complexity index is 459. The van der Waals surface area contributed by atoms with Crippen LogP contribution >= 0.6 is 0 Å². The first-order valence-electron chi connectivity index (χ1n) is 8.11. The van der Waals surface area contributed by atoms with E-state index < -0.39 is 0 Å². The molecule has 0 aliphatic carbocycles. The van der Waals surface area contributed by atoms with E-state index in [0.29, 0.717) is 0 Å². The maximum absolute atomic E-state index is 5.83. The lowest BCUT2D eigenvalue weighted by molar-refractivity contribution is 0.254. The number of benzene rings is 1. The highest BCUT2D eigenvalue weighted by Crippen LogP contribution is 2.40. The minimum absolute atomic E-state index is 0.747. The molecule has 0 unspecified atom stereocenters. The quantitative estimate of drug-likeness (QED) is 0.766. The van der Waals surface area contributed by atoms with Gasteiger partial charge >= 0.3 is 0 Å². The van der Waals surface area contributed by atoms with E-state index in [4.69, 9.17) is 4.74 Å². The Kier molecular flexibility index (Phi) is 5.09. The van der Waals surface area contributed by atoms with E-state index in [2.05, 4.69) is 31.9 Å². The SMILES string of the molecule is CC.Cc1cc(C)c(C2CCN(C)CC2)c2c1OCC2. The lowest BCUT2D eigenvalue weighted by atomic mass is 9.82. The molecule has 0 aromatic heterocycles. The van der Waals surface area contributed by atoms with Gasteiger partial charge in [0.1, 0.15) is 5.75 Å². The van der Waals surface area contributed by atoms with Crippen LogP contribution in [-0.4, -0.2) is 31.6 Å². The normalized spacial score (nSPS) is 19.1. The van der Waals surface area contributed by atoms with Crippen molar-refractivity contribution >= 4 is 0 Å². The summed E-state index contributed by atoms with van der Waals surface area (Å²) in [5.74, 6) is 1.94. The van der Waals surface area contributed by atoms with Crippen LogP contribution in [0.5, 0.6) is 5.75 Å². The van der Waals surface area contributed by atoms with Crippen molar-refractivity contribution in [3.05, 3.63) is 28.3 Å². The van der Waals surface area contributed by atoms with Gasteiger partial charge in [-0.15, -0.1) is 0 Å². The third-order valence-electron chi connectivity index (χ3n) is 4.54. The summed E-state index contributed by atoms with van der Waals surface area (Å²) in [6.45, 7) is 11.8. The Hall–Kier alpha value is -1.02. The Morgan fingerprint density at radius 2 is 1.75 bits per heavy atom. The van der Waals surface area contributed by atoms with Gasteiger partial charge in [0.25, 0.3) is 0 Å². The molecule has 2 aliphatic heterocycles. The second-order valence-electron chi connectivity index (χ2n) is 5.91. The van der Waals surface area contributed by atoms with Gasteiger partial charge in [-0.2, -0.15) is 0 Å². The molecule has 2 heterocycles. The molecule has 0 saturated carbocycles. The van der Waals surface area contributed by atoms with Crippen LogP contribution in [0.15, 0.2) is 6.07 Å². The summed E-state index contributed by atoms with van der Waals surface area (Å²) < 4.78 is 5.83. The predicted molar refractivity (Wildman–Crippen MR) is 85.9 cm³/mol. The van der Waals surface area contributed by atoms with Crippen molar-refractivity contribution in [1.29, 1.82) is 0 Å². The van der Waals surface area contributed by atoms with Gasteiger partial charge < -0.3 is 9.64 Å². The van der Waals surface area contributed by atoms with E-state index >= 15 is 0 Å². The van der Waals surface area contributed by atoms with Crippen LogP contribution in [0.25, 0.3) is 0 Å². The van der Waals surface area contributed by atoms with Crippen LogP contribution < -0.4 is 4.74 Å². The number of ether oxygens (including phenoxy) is 1. The third kappa shape index (κ3) is 2.85. The van der Waals surface area contributed by atoms with Crippen molar-refractivity contribution in [1.82, 2.24) is 4.90 Å². The lowest BCUT2D eigenvalue weighted by Crippen LogP contribution is -2.29. The largest absolute Gasteiger partial charge is 0.493 e. The van der Waals surface area contributed by atoms with Gasteiger partial charge in [0, 0.05) is 12.0 Å². The Morgan fingerprint density at radius 3 is 2.40 bits per heavy atom. The molecule has 2 aliphatic rings. The first-order chi connectivity index (χ1) is 9.66. The van der Waals surface area contributed by atoms with Crippen LogP contribution in [0, 0.1) is 13.8 Å². The van der Waals surface area contributed by atoms with E-state index in [1.165, 1.54) is 48.4 Å². The van der Waals surface area contributed by atoms with Gasteiger partial charge in [-0.3, -0.25) is 0 Å². The Balaban J connectivity index is 0.000000704. The molecule has 2 heteroatoms. The average Bonchev–Trinajstić information content (AvgIpc) is 2.93. The maximum atomic E-state index is 5.83. The van der Waals surface area contributed by atoms with Crippen molar-refractivity contribution in [3.63, 3.8) is 0 Å². The van der Waals surface area contributed by atoms with Crippen molar-refractivity contribution in [2.45, 2.75) is 52.9 Å². The number of rotatable bonds is 1. The van der Waals surface area contributed by atoms with Crippen molar-refractivity contribution < 1.29 is 4.74 Å². The molecule has 1 fully saturated rings. The van der Waals surface area contributed by atoms with E-state index in [1.54, 1.807) is 5.56 Å². The van der Waals surface area contributed by atoms with Gasteiger partial charge in [-0.25, -0.2) is 0 Å². The maximum Gasteiger partial charge on any atom is 0.125 e. The van der Waals surface area contributed by atoms with Crippen molar-refractivity contribution in [2.75, 3.05) is 26.7 Å². The molecule has 0 radical (unpaired) electrons. The monoisotopic (exact) mass is 275 g/mol. The summed E-state index contributed by atoms with van der Waals surface area (Å²) in [6.07, 6.45) is 3.71. The van der Waals surface area contributed by atoms with Crippen molar-refractivity contribution in [3.8, 4) is 5.75 Å².